The number of aliphatic hydroxyl groups is 1. The van der Waals surface area contributed by atoms with Gasteiger partial charge in [0.05, 0.1) is 5.60 Å². The zero-order valence-electron chi connectivity index (χ0n) is 15.3. The van der Waals surface area contributed by atoms with E-state index in [1.165, 1.54) is 6.42 Å². The SMILES string of the molecule is CC(C)(C)OC(=O)N(CCC1(O)CCCCC1)Cc1ccccc1. The van der Waals surface area contributed by atoms with E-state index in [4.69, 9.17) is 4.74 Å². The summed E-state index contributed by atoms with van der Waals surface area (Å²) in [4.78, 5) is 14.3. The first kappa shape index (κ1) is 18.8. The third-order valence-electron chi connectivity index (χ3n) is 4.50. The summed E-state index contributed by atoms with van der Waals surface area (Å²) in [7, 11) is 0. The second kappa shape index (κ2) is 8.02. The molecule has 134 valence electrons. The summed E-state index contributed by atoms with van der Waals surface area (Å²) in [5.74, 6) is 0. The van der Waals surface area contributed by atoms with Gasteiger partial charge in [-0.25, -0.2) is 4.79 Å². The van der Waals surface area contributed by atoms with Gasteiger partial charge in [-0.05, 0) is 45.6 Å². The minimum Gasteiger partial charge on any atom is -0.444 e. The molecular weight excluding hydrogens is 302 g/mol. The van der Waals surface area contributed by atoms with E-state index < -0.39 is 11.2 Å². The number of rotatable bonds is 5. The van der Waals surface area contributed by atoms with Crippen molar-refractivity contribution in [1.82, 2.24) is 4.90 Å². The average molecular weight is 333 g/mol. The quantitative estimate of drug-likeness (QED) is 0.862. The van der Waals surface area contributed by atoms with Crippen LogP contribution < -0.4 is 0 Å². The first-order valence-corrected chi connectivity index (χ1v) is 9.02. The molecule has 1 aliphatic rings. The van der Waals surface area contributed by atoms with Crippen LogP contribution in [0.5, 0.6) is 0 Å². The molecule has 0 bridgehead atoms. The first-order chi connectivity index (χ1) is 11.3. The number of carbonyl (C=O) groups excluding carboxylic acids is 1. The topological polar surface area (TPSA) is 49.8 Å². The van der Waals surface area contributed by atoms with E-state index in [-0.39, 0.29) is 6.09 Å². The van der Waals surface area contributed by atoms with E-state index in [0.29, 0.717) is 19.5 Å². The summed E-state index contributed by atoms with van der Waals surface area (Å²) in [6.45, 7) is 6.65. The summed E-state index contributed by atoms with van der Waals surface area (Å²) in [5, 5.41) is 10.7. The largest absolute Gasteiger partial charge is 0.444 e. The summed E-state index contributed by atoms with van der Waals surface area (Å²) in [5.41, 5.74) is -0.0813. The Balaban J connectivity index is 2.02. The molecule has 4 nitrogen and oxygen atoms in total. The molecule has 1 N–H and O–H groups in total. The maximum atomic E-state index is 12.6. The van der Waals surface area contributed by atoms with Crippen LogP contribution in [0.1, 0.15) is 64.9 Å². The van der Waals surface area contributed by atoms with Gasteiger partial charge in [-0.15, -0.1) is 0 Å². The van der Waals surface area contributed by atoms with Gasteiger partial charge in [0, 0.05) is 13.1 Å². The molecule has 0 atom stereocenters. The number of nitrogens with zero attached hydrogens (tertiary/aromatic N) is 1. The van der Waals surface area contributed by atoms with Gasteiger partial charge in [0.25, 0.3) is 0 Å². The van der Waals surface area contributed by atoms with Gasteiger partial charge in [-0.2, -0.15) is 0 Å². The third-order valence-corrected chi connectivity index (χ3v) is 4.50. The van der Waals surface area contributed by atoms with Crippen molar-refractivity contribution < 1.29 is 14.6 Å². The maximum Gasteiger partial charge on any atom is 0.410 e. The van der Waals surface area contributed by atoms with Crippen molar-refractivity contribution >= 4 is 6.09 Å². The van der Waals surface area contributed by atoms with Crippen molar-refractivity contribution in [1.29, 1.82) is 0 Å². The number of ether oxygens (including phenoxy) is 1. The van der Waals surface area contributed by atoms with Crippen LogP contribution in [-0.4, -0.2) is 33.8 Å². The minimum atomic E-state index is -0.630. The van der Waals surface area contributed by atoms with Crippen LogP contribution in [-0.2, 0) is 11.3 Å². The van der Waals surface area contributed by atoms with Gasteiger partial charge >= 0.3 is 6.09 Å². The smallest absolute Gasteiger partial charge is 0.410 e. The van der Waals surface area contributed by atoms with Crippen molar-refractivity contribution in [2.45, 2.75) is 77.0 Å². The molecule has 4 heteroatoms. The highest BCUT2D eigenvalue weighted by molar-refractivity contribution is 5.68. The van der Waals surface area contributed by atoms with Gasteiger partial charge in [0.1, 0.15) is 5.60 Å². The zero-order chi connectivity index (χ0) is 17.6. The van der Waals surface area contributed by atoms with E-state index in [1.54, 1.807) is 4.90 Å². The molecule has 0 saturated heterocycles. The Labute approximate surface area is 145 Å². The molecule has 1 fully saturated rings. The molecule has 1 aromatic carbocycles. The lowest BCUT2D eigenvalue weighted by Crippen LogP contribution is -2.41. The summed E-state index contributed by atoms with van der Waals surface area (Å²) < 4.78 is 5.55. The molecule has 2 rings (SSSR count). The third kappa shape index (κ3) is 6.16. The first-order valence-electron chi connectivity index (χ1n) is 9.02. The monoisotopic (exact) mass is 333 g/mol. The molecule has 0 aromatic heterocycles. The van der Waals surface area contributed by atoms with E-state index in [2.05, 4.69) is 0 Å². The van der Waals surface area contributed by atoms with Gasteiger partial charge in [-0.1, -0.05) is 49.6 Å². The summed E-state index contributed by atoms with van der Waals surface area (Å²) >= 11 is 0. The highest BCUT2D eigenvalue weighted by atomic mass is 16.6. The van der Waals surface area contributed by atoms with Crippen molar-refractivity contribution in [2.24, 2.45) is 0 Å². The Kier molecular flexibility index (Phi) is 6.27. The second-order valence-electron chi connectivity index (χ2n) is 7.92. The molecule has 1 amide bonds. The Morgan fingerprint density at radius 2 is 1.79 bits per heavy atom. The van der Waals surface area contributed by atoms with Crippen LogP contribution in [0.4, 0.5) is 4.79 Å². The molecule has 0 spiro atoms. The Hall–Kier alpha value is -1.55. The van der Waals surface area contributed by atoms with Crippen LogP contribution in [0.15, 0.2) is 30.3 Å². The molecule has 0 heterocycles. The van der Waals surface area contributed by atoms with Gasteiger partial charge in [0.2, 0.25) is 0 Å². The highest BCUT2D eigenvalue weighted by Gasteiger charge is 2.31. The fourth-order valence-corrected chi connectivity index (χ4v) is 3.17. The number of hydrogen-bond donors (Lipinski definition) is 1. The van der Waals surface area contributed by atoms with E-state index in [0.717, 1.165) is 31.2 Å². The Bertz CT molecular complexity index is 515. The lowest BCUT2D eigenvalue weighted by Gasteiger charge is -2.35. The van der Waals surface area contributed by atoms with Crippen molar-refractivity contribution in [3.8, 4) is 0 Å². The highest BCUT2D eigenvalue weighted by Crippen LogP contribution is 2.31. The predicted octanol–water partition coefficient (Wildman–Crippen LogP) is 4.51. The predicted molar refractivity (Wildman–Crippen MR) is 95.7 cm³/mol. The molecule has 0 unspecified atom stereocenters. The molecule has 1 aromatic rings. The average Bonchev–Trinajstić information content (AvgIpc) is 2.51. The normalized spacial score (nSPS) is 17.3. The molecule has 0 radical (unpaired) electrons. The fraction of sp³-hybridized carbons (Fsp3) is 0.650. The number of benzene rings is 1. The zero-order valence-corrected chi connectivity index (χ0v) is 15.3. The van der Waals surface area contributed by atoms with Crippen molar-refractivity contribution in [3.63, 3.8) is 0 Å². The molecule has 1 aliphatic carbocycles. The van der Waals surface area contributed by atoms with Crippen LogP contribution >= 0.6 is 0 Å². The molecular formula is C20H31NO3. The van der Waals surface area contributed by atoms with E-state index in [9.17, 15) is 9.90 Å². The van der Waals surface area contributed by atoms with Gasteiger partial charge in [-0.3, -0.25) is 0 Å². The van der Waals surface area contributed by atoms with E-state index >= 15 is 0 Å². The van der Waals surface area contributed by atoms with E-state index in [1.807, 2.05) is 51.1 Å². The molecule has 24 heavy (non-hydrogen) atoms. The lowest BCUT2D eigenvalue weighted by atomic mass is 9.82. The van der Waals surface area contributed by atoms with Crippen LogP contribution in [0.25, 0.3) is 0 Å². The number of hydrogen-bond acceptors (Lipinski definition) is 3. The molecule has 0 aliphatic heterocycles. The standard InChI is InChI=1S/C20H31NO3/c1-19(2,3)24-18(22)21(16-17-10-6-4-7-11-17)15-14-20(23)12-8-5-9-13-20/h4,6-7,10-11,23H,5,8-9,12-16H2,1-3H3. The fourth-order valence-electron chi connectivity index (χ4n) is 3.17. The Morgan fingerprint density at radius 3 is 2.38 bits per heavy atom. The second-order valence-corrected chi connectivity index (χ2v) is 7.92. The summed E-state index contributed by atoms with van der Waals surface area (Å²) in [6.07, 6.45) is 5.30. The lowest BCUT2D eigenvalue weighted by molar-refractivity contribution is -0.0178. The van der Waals surface area contributed by atoms with Gasteiger partial charge in [0.15, 0.2) is 0 Å². The number of carbonyl (C=O) groups is 1. The maximum absolute atomic E-state index is 12.6. The molecule has 1 saturated carbocycles. The van der Waals surface area contributed by atoms with Crippen LogP contribution in [0, 0.1) is 0 Å². The number of amides is 1. The summed E-state index contributed by atoms with van der Waals surface area (Å²) in [6, 6.07) is 9.92. The van der Waals surface area contributed by atoms with Crippen molar-refractivity contribution in [2.75, 3.05) is 6.54 Å². The van der Waals surface area contributed by atoms with Crippen molar-refractivity contribution in [3.05, 3.63) is 35.9 Å². The van der Waals surface area contributed by atoms with Gasteiger partial charge < -0.3 is 14.7 Å². The minimum absolute atomic E-state index is 0.314. The van der Waals surface area contributed by atoms with Crippen LogP contribution in [0.3, 0.4) is 0 Å². The van der Waals surface area contributed by atoms with Crippen LogP contribution in [0.2, 0.25) is 0 Å². The Morgan fingerprint density at radius 1 is 1.17 bits per heavy atom.